The molecule has 1 aromatic carbocycles. The van der Waals surface area contributed by atoms with E-state index in [1.165, 1.54) is 12.1 Å². The standard InChI is InChI=1S/C11H10ClN3O3/c1-7-6-8(15(16)17)2-3-9(7)11-14-13-10(18-11)4-5-12/h2-3,6H,4-5H2,1H3. The Morgan fingerprint density at radius 1 is 1.44 bits per heavy atom. The lowest BCUT2D eigenvalue weighted by molar-refractivity contribution is -0.384. The fourth-order valence-electron chi connectivity index (χ4n) is 1.55. The van der Waals surface area contributed by atoms with Gasteiger partial charge >= 0.3 is 0 Å². The molecule has 0 aliphatic rings. The molecule has 7 heteroatoms. The molecule has 2 aromatic rings. The van der Waals surface area contributed by atoms with Crippen molar-refractivity contribution in [2.24, 2.45) is 0 Å². The first-order chi connectivity index (χ1) is 8.61. The molecule has 0 aliphatic carbocycles. The van der Waals surface area contributed by atoms with Crippen molar-refractivity contribution in [3.63, 3.8) is 0 Å². The average molecular weight is 268 g/mol. The number of aromatic nitrogens is 2. The van der Waals surface area contributed by atoms with Crippen LogP contribution in [0.15, 0.2) is 22.6 Å². The predicted octanol–water partition coefficient (Wildman–Crippen LogP) is 2.73. The zero-order valence-corrected chi connectivity index (χ0v) is 10.3. The Bertz CT molecular complexity index is 583. The summed E-state index contributed by atoms with van der Waals surface area (Å²) in [7, 11) is 0. The van der Waals surface area contributed by atoms with Gasteiger partial charge in [-0.05, 0) is 18.6 Å². The van der Waals surface area contributed by atoms with Gasteiger partial charge in [0.05, 0.1) is 4.92 Å². The van der Waals surface area contributed by atoms with E-state index in [0.717, 1.165) is 0 Å². The number of hydrogen-bond donors (Lipinski definition) is 0. The molecule has 0 spiro atoms. The van der Waals surface area contributed by atoms with E-state index in [9.17, 15) is 10.1 Å². The summed E-state index contributed by atoms with van der Waals surface area (Å²) in [6.45, 7) is 1.76. The van der Waals surface area contributed by atoms with Gasteiger partial charge in [-0.3, -0.25) is 10.1 Å². The van der Waals surface area contributed by atoms with Gasteiger partial charge < -0.3 is 4.42 Å². The molecule has 94 valence electrons. The van der Waals surface area contributed by atoms with Gasteiger partial charge in [0, 0.05) is 30.0 Å². The average Bonchev–Trinajstić information content (AvgIpc) is 2.77. The first-order valence-corrected chi connectivity index (χ1v) is 5.79. The van der Waals surface area contributed by atoms with Crippen molar-refractivity contribution in [2.45, 2.75) is 13.3 Å². The zero-order chi connectivity index (χ0) is 13.1. The van der Waals surface area contributed by atoms with E-state index >= 15 is 0 Å². The molecule has 0 N–H and O–H groups in total. The van der Waals surface area contributed by atoms with Crippen LogP contribution in [0.3, 0.4) is 0 Å². The molecule has 2 rings (SSSR count). The molecular formula is C11H10ClN3O3. The third-order valence-electron chi connectivity index (χ3n) is 2.43. The molecular weight excluding hydrogens is 258 g/mol. The summed E-state index contributed by atoms with van der Waals surface area (Å²) in [4.78, 5) is 10.2. The van der Waals surface area contributed by atoms with Gasteiger partial charge in [-0.1, -0.05) is 0 Å². The number of aryl methyl sites for hydroxylation is 2. The van der Waals surface area contributed by atoms with Crippen molar-refractivity contribution in [3.8, 4) is 11.5 Å². The maximum atomic E-state index is 10.6. The number of halogens is 1. The summed E-state index contributed by atoms with van der Waals surface area (Å²) in [6, 6.07) is 4.49. The van der Waals surface area contributed by atoms with Crippen molar-refractivity contribution in [1.82, 2.24) is 10.2 Å². The molecule has 6 nitrogen and oxygen atoms in total. The highest BCUT2D eigenvalue weighted by atomic mass is 35.5. The van der Waals surface area contributed by atoms with E-state index in [0.29, 0.717) is 35.2 Å². The van der Waals surface area contributed by atoms with Crippen LogP contribution in [0, 0.1) is 17.0 Å². The van der Waals surface area contributed by atoms with Crippen molar-refractivity contribution in [3.05, 3.63) is 39.8 Å². The predicted molar refractivity (Wildman–Crippen MR) is 65.5 cm³/mol. The Hall–Kier alpha value is -1.95. The van der Waals surface area contributed by atoms with Crippen LogP contribution >= 0.6 is 11.6 Å². The number of rotatable bonds is 4. The molecule has 0 aliphatic heterocycles. The van der Waals surface area contributed by atoms with Gasteiger partial charge in [0.15, 0.2) is 0 Å². The number of nitro groups is 1. The Balaban J connectivity index is 2.35. The van der Waals surface area contributed by atoms with E-state index < -0.39 is 4.92 Å². The lowest BCUT2D eigenvalue weighted by Gasteiger charge is -2.00. The molecule has 0 radical (unpaired) electrons. The monoisotopic (exact) mass is 267 g/mol. The maximum Gasteiger partial charge on any atom is 0.269 e. The van der Waals surface area contributed by atoms with Crippen LogP contribution in [-0.4, -0.2) is 21.0 Å². The Kier molecular flexibility index (Phi) is 3.57. The Labute approximate surface area is 108 Å². The van der Waals surface area contributed by atoms with Crippen LogP contribution in [0.2, 0.25) is 0 Å². The third kappa shape index (κ3) is 2.48. The van der Waals surface area contributed by atoms with E-state index in [1.54, 1.807) is 13.0 Å². The number of alkyl halides is 1. The topological polar surface area (TPSA) is 82.1 Å². The van der Waals surface area contributed by atoms with Crippen LogP contribution in [0.5, 0.6) is 0 Å². The first-order valence-electron chi connectivity index (χ1n) is 5.25. The molecule has 0 saturated carbocycles. The minimum Gasteiger partial charge on any atom is -0.421 e. The van der Waals surface area contributed by atoms with E-state index in [1.807, 2.05) is 0 Å². The fourth-order valence-corrected chi connectivity index (χ4v) is 1.71. The van der Waals surface area contributed by atoms with E-state index in [-0.39, 0.29) is 5.69 Å². The van der Waals surface area contributed by atoms with Gasteiger partial charge in [-0.15, -0.1) is 21.8 Å². The molecule has 0 amide bonds. The van der Waals surface area contributed by atoms with Gasteiger partial charge in [0.2, 0.25) is 11.8 Å². The van der Waals surface area contributed by atoms with Crippen molar-refractivity contribution < 1.29 is 9.34 Å². The molecule has 1 heterocycles. The summed E-state index contributed by atoms with van der Waals surface area (Å²) >= 11 is 5.58. The van der Waals surface area contributed by atoms with E-state index in [2.05, 4.69) is 10.2 Å². The molecule has 0 bridgehead atoms. The second kappa shape index (κ2) is 5.14. The fraction of sp³-hybridized carbons (Fsp3) is 0.273. The van der Waals surface area contributed by atoms with Crippen LogP contribution in [0.25, 0.3) is 11.5 Å². The third-order valence-corrected chi connectivity index (χ3v) is 2.62. The zero-order valence-electron chi connectivity index (χ0n) is 9.59. The van der Waals surface area contributed by atoms with Gasteiger partial charge in [0.1, 0.15) is 0 Å². The van der Waals surface area contributed by atoms with Crippen LogP contribution < -0.4 is 0 Å². The smallest absolute Gasteiger partial charge is 0.269 e. The number of nitrogens with zero attached hydrogens (tertiary/aromatic N) is 3. The van der Waals surface area contributed by atoms with Crippen molar-refractivity contribution in [2.75, 3.05) is 5.88 Å². The largest absolute Gasteiger partial charge is 0.421 e. The van der Waals surface area contributed by atoms with Crippen LogP contribution in [0.4, 0.5) is 5.69 Å². The van der Waals surface area contributed by atoms with Crippen molar-refractivity contribution in [1.29, 1.82) is 0 Å². The molecule has 0 fully saturated rings. The van der Waals surface area contributed by atoms with Gasteiger partial charge in [-0.2, -0.15) is 0 Å². The highest BCUT2D eigenvalue weighted by Crippen LogP contribution is 2.25. The Morgan fingerprint density at radius 3 is 2.83 bits per heavy atom. The normalized spacial score (nSPS) is 10.6. The van der Waals surface area contributed by atoms with Crippen LogP contribution in [-0.2, 0) is 6.42 Å². The Morgan fingerprint density at radius 2 is 2.22 bits per heavy atom. The molecule has 18 heavy (non-hydrogen) atoms. The maximum absolute atomic E-state index is 10.6. The minimum atomic E-state index is -0.441. The van der Waals surface area contributed by atoms with E-state index in [4.69, 9.17) is 16.0 Å². The first kappa shape index (κ1) is 12.5. The molecule has 1 aromatic heterocycles. The molecule has 0 unspecified atom stereocenters. The highest BCUT2D eigenvalue weighted by Gasteiger charge is 2.14. The van der Waals surface area contributed by atoms with Gasteiger partial charge in [0.25, 0.3) is 5.69 Å². The lowest BCUT2D eigenvalue weighted by Crippen LogP contribution is -1.90. The summed E-state index contributed by atoms with van der Waals surface area (Å²) in [5.41, 5.74) is 1.44. The highest BCUT2D eigenvalue weighted by molar-refractivity contribution is 6.17. The second-order valence-corrected chi connectivity index (χ2v) is 4.07. The summed E-state index contributed by atoms with van der Waals surface area (Å²) in [5, 5.41) is 18.4. The number of benzene rings is 1. The summed E-state index contributed by atoms with van der Waals surface area (Å²) in [5.74, 6) is 1.21. The minimum absolute atomic E-state index is 0.0387. The number of hydrogen-bond acceptors (Lipinski definition) is 5. The SMILES string of the molecule is Cc1cc([N+](=O)[O-])ccc1-c1nnc(CCCl)o1. The lowest BCUT2D eigenvalue weighted by atomic mass is 10.1. The molecule has 0 atom stereocenters. The second-order valence-electron chi connectivity index (χ2n) is 3.70. The van der Waals surface area contributed by atoms with Crippen LogP contribution in [0.1, 0.15) is 11.5 Å². The summed E-state index contributed by atoms with van der Waals surface area (Å²) in [6.07, 6.45) is 0.501. The number of nitro benzene ring substituents is 1. The molecule has 0 saturated heterocycles. The number of non-ortho nitro benzene ring substituents is 1. The summed E-state index contributed by atoms with van der Waals surface area (Å²) < 4.78 is 5.41. The van der Waals surface area contributed by atoms with Crippen molar-refractivity contribution >= 4 is 17.3 Å². The quantitative estimate of drug-likeness (QED) is 0.483. The van der Waals surface area contributed by atoms with Gasteiger partial charge in [-0.25, -0.2) is 0 Å².